The Morgan fingerprint density at radius 2 is 1.83 bits per heavy atom. The number of ether oxygens (including phenoxy) is 2. The number of likely N-dealkylation sites (tertiary alicyclic amines) is 1. The topological polar surface area (TPSA) is 50.8 Å². The van der Waals surface area contributed by atoms with Crippen LogP contribution in [0.1, 0.15) is 43.4 Å². The monoisotopic (exact) mass is 430 g/mol. The van der Waals surface area contributed by atoms with Gasteiger partial charge < -0.3 is 14.8 Å². The average molecular weight is 431 g/mol. The molecule has 2 aromatic carbocycles. The van der Waals surface area contributed by atoms with E-state index in [2.05, 4.69) is 23.2 Å². The number of nitrogens with zero attached hydrogens (tertiary/aromatic N) is 1. The number of amides is 1. The summed E-state index contributed by atoms with van der Waals surface area (Å²) in [5, 5.41) is 4.04. The van der Waals surface area contributed by atoms with Crippen LogP contribution in [0.3, 0.4) is 0 Å². The van der Waals surface area contributed by atoms with Gasteiger partial charge in [-0.2, -0.15) is 0 Å². The fraction of sp³-hybridized carbons (Fsp3) is 0.458. The largest absolute Gasteiger partial charge is 0.493 e. The molecule has 0 aromatic heterocycles. The van der Waals surface area contributed by atoms with Crippen LogP contribution in [0, 0.1) is 5.92 Å². The molecule has 2 aromatic rings. The highest BCUT2D eigenvalue weighted by molar-refractivity contribution is 6.31. The lowest BCUT2D eigenvalue weighted by Gasteiger charge is -2.32. The number of benzene rings is 2. The number of methoxy groups -OCH3 is 2. The summed E-state index contributed by atoms with van der Waals surface area (Å²) >= 11 is 6.29. The molecule has 1 aliphatic rings. The minimum atomic E-state index is -0.0431. The van der Waals surface area contributed by atoms with Gasteiger partial charge in [0.15, 0.2) is 11.5 Å². The molecular formula is C24H31ClN2O3. The standard InChI is InChI=1S/C24H31ClN2O3/c1-4-21(18-9-10-22(29-2)23(15-18)30-3)26-24(28)17-11-13-27(14-12-17)16-19-7-5-6-8-20(19)25/h5-10,15,17,21H,4,11-14,16H2,1-3H3,(H,26,28)/t21-/m0/s1. The number of carbonyl (C=O) groups excluding carboxylic acids is 1. The smallest absolute Gasteiger partial charge is 0.223 e. The number of rotatable bonds is 8. The summed E-state index contributed by atoms with van der Waals surface area (Å²) in [5.74, 6) is 1.54. The van der Waals surface area contributed by atoms with Crippen LogP contribution >= 0.6 is 11.6 Å². The molecule has 1 heterocycles. The van der Waals surface area contributed by atoms with Crippen molar-refractivity contribution in [2.45, 2.75) is 38.8 Å². The maximum Gasteiger partial charge on any atom is 0.223 e. The lowest BCUT2D eigenvalue weighted by atomic mass is 9.94. The lowest BCUT2D eigenvalue weighted by molar-refractivity contribution is -0.127. The Bertz CT molecular complexity index is 850. The van der Waals surface area contributed by atoms with Crippen molar-refractivity contribution in [2.24, 2.45) is 5.92 Å². The molecule has 1 atom stereocenters. The Morgan fingerprint density at radius 1 is 1.13 bits per heavy atom. The lowest BCUT2D eigenvalue weighted by Crippen LogP contribution is -2.41. The van der Waals surface area contributed by atoms with E-state index in [0.717, 1.165) is 55.0 Å². The number of piperidine rings is 1. The molecule has 1 amide bonds. The van der Waals surface area contributed by atoms with Gasteiger partial charge in [-0.1, -0.05) is 42.8 Å². The molecular weight excluding hydrogens is 400 g/mol. The molecule has 3 rings (SSSR count). The Labute approximate surface area is 184 Å². The zero-order valence-electron chi connectivity index (χ0n) is 18.0. The maximum atomic E-state index is 12.9. The molecule has 1 fully saturated rings. The van der Waals surface area contributed by atoms with Gasteiger partial charge in [-0.3, -0.25) is 9.69 Å². The minimum absolute atomic E-state index is 0.0431. The molecule has 30 heavy (non-hydrogen) atoms. The molecule has 0 radical (unpaired) electrons. The van der Waals surface area contributed by atoms with Gasteiger partial charge in [0, 0.05) is 17.5 Å². The van der Waals surface area contributed by atoms with Crippen molar-refractivity contribution in [1.29, 1.82) is 0 Å². The first kappa shape index (κ1) is 22.4. The average Bonchev–Trinajstić information content (AvgIpc) is 2.78. The molecule has 0 bridgehead atoms. The Balaban J connectivity index is 1.56. The van der Waals surface area contributed by atoms with Crippen LogP contribution in [0.5, 0.6) is 11.5 Å². The van der Waals surface area contributed by atoms with Crippen molar-refractivity contribution in [2.75, 3.05) is 27.3 Å². The number of halogens is 1. The number of hydrogen-bond acceptors (Lipinski definition) is 4. The first-order valence-electron chi connectivity index (χ1n) is 10.5. The highest BCUT2D eigenvalue weighted by atomic mass is 35.5. The molecule has 6 heteroatoms. The Morgan fingerprint density at radius 3 is 2.47 bits per heavy atom. The number of nitrogens with one attached hydrogen (secondary N) is 1. The number of hydrogen-bond donors (Lipinski definition) is 1. The second-order valence-corrected chi connectivity index (χ2v) is 8.13. The van der Waals surface area contributed by atoms with E-state index >= 15 is 0 Å². The predicted octanol–water partition coefficient (Wildman–Crippen LogP) is 4.84. The van der Waals surface area contributed by atoms with Gasteiger partial charge in [0.05, 0.1) is 20.3 Å². The Kier molecular flexibility index (Phi) is 8.00. The summed E-state index contributed by atoms with van der Waals surface area (Å²) in [5.41, 5.74) is 2.17. The number of carbonyl (C=O) groups is 1. The molecule has 0 spiro atoms. The first-order valence-corrected chi connectivity index (χ1v) is 10.9. The SMILES string of the molecule is CC[C@H](NC(=O)C1CCN(Cc2ccccc2Cl)CC1)c1ccc(OC)c(OC)c1. The van der Waals surface area contributed by atoms with Crippen LogP contribution in [0.25, 0.3) is 0 Å². The van der Waals surface area contributed by atoms with Crippen molar-refractivity contribution < 1.29 is 14.3 Å². The minimum Gasteiger partial charge on any atom is -0.493 e. The Hall–Kier alpha value is -2.24. The van der Waals surface area contributed by atoms with Crippen LogP contribution in [0.4, 0.5) is 0 Å². The van der Waals surface area contributed by atoms with Crippen LogP contribution < -0.4 is 14.8 Å². The van der Waals surface area contributed by atoms with Gasteiger partial charge in [0.2, 0.25) is 5.91 Å². The van der Waals surface area contributed by atoms with Crippen molar-refractivity contribution in [3.8, 4) is 11.5 Å². The van der Waals surface area contributed by atoms with E-state index in [9.17, 15) is 4.79 Å². The van der Waals surface area contributed by atoms with E-state index in [1.807, 2.05) is 36.4 Å². The zero-order valence-corrected chi connectivity index (χ0v) is 18.7. The molecule has 1 saturated heterocycles. The molecule has 162 valence electrons. The van der Waals surface area contributed by atoms with E-state index in [0.29, 0.717) is 11.5 Å². The summed E-state index contributed by atoms with van der Waals surface area (Å²) in [6, 6.07) is 13.7. The summed E-state index contributed by atoms with van der Waals surface area (Å²) in [4.78, 5) is 15.3. The van der Waals surface area contributed by atoms with E-state index in [1.165, 1.54) is 0 Å². The molecule has 5 nitrogen and oxygen atoms in total. The quantitative estimate of drug-likeness (QED) is 0.651. The van der Waals surface area contributed by atoms with Gasteiger partial charge in [0.1, 0.15) is 0 Å². The molecule has 0 saturated carbocycles. The summed E-state index contributed by atoms with van der Waals surface area (Å²) < 4.78 is 10.7. The van der Waals surface area contributed by atoms with Gasteiger partial charge in [-0.25, -0.2) is 0 Å². The second kappa shape index (κ2) is 10.7. The molecule has 1 N–H and O–H groups in total. The van der Waals surface area contributed by atoms with Gasteiger partial charge >= 0.3 is 0 Å². The van der Waals surface area contributed by atoms with Gasteiger partial charge in [-0.15, -0.1) is 0 Å². The van der Waals surface area contributed by atoms with Crippen LogP contribution in [0.2, 0.25) is 5.02 Å². The highest BCUT2D eigenvalue weighted by Gasteiger charge is 2.27. The highest BCUT2D eigenvalue weighted by Crippen LogP contribution is 2.31. The van der Waals surface area contributed by atoms with Gasteiger partial charge in [0.25, 0.3) is 0 Å². The molecule has 0 aliphatic carbocycles. The first-order chi connectivity index (χ1) is 14.5. The van der Waals surface area contributed by atoms with Crippen LogP contribution in [0.15, 0.2) is 42.5 Å². The van der Waals surface area contributed by atoms with E-state index in [1.54, 1.807) is 14.2 Å². The summed E-state index contributed by atoms with van der Waals surface area (Å²) in [6.07, 6.45) is 2.53. The fourth-order valence-electron chi connectivity index (χ4n) is 4.00. The van der Waals surface area contributed by atoms with E-state index in [4.69, 9.17) is 21.1 Å². The third kappa shape index (κ3) is 5.46. The zero-order chi connectivity index (χ0) is 21.5. The third-order valence-corrected chi connectivity index (χ3v) is 6.21. The fourth-order valence-corrected chi connectivity index (χ4v) is 4.20. The normalized spacial score (nSPS) is 16.1. The van der Waals surface area contributed by atoms with Crippen molar-refractivity contribution >= 4 is 17.5 Å². The van der Waals surface area contributed by atoms with Gasteiger partial charge in [-0.05, 0) is 61.7 Å². The third-order valence-electron chi connectivity index (χ3n) is 5.84. The van der Waals surface area contributed by atoms with E-state index < -0.39 is 0 Å². The van der Waals surface area contributed by atoms with Crippen LogP contribution in [-0.4, -0.2) is 38.1 Å². The summed E-state index contributed by atoms with van der Waals surface area (Å²) in [7, 11) is 3.24. The van der Waals surface area contributed by atoms with E-state index in [-0.39, 0.29) is 17.9 Å². The molecule has 0 unspecified atom stereocenters. The second-order valence-electron chi connectivity index (χ2n) is 7.73. The van der Waals surface area contributed by atoms with Crippen molar-refractivity contribution in [3.05, 3.63) is 58.6 Å². The maximum absolute atomic E-state index is 12.9. The van der Waals surface area contributed by atoms with Crippen molar-refractivity contribution in [1.82, 2.24) is 10.2 Å². The molecule has 1 aliphatic heterocycles. The van der Waals surface area contributed by atoms with Crippen LogP contribution in [-0.2, 0) is 11.3 Å². The summed E-state index contributed by atoms with van der Waals surface area (Å²) in [6.45, 7) is 4.71. The predicted molar refractivity (Wildman–Crippen MR) is 120 cm³/mol. The van der Waals surface area contributed by atoms with Crippen molar-refractivity contribution in [3.63, 3.8) is 0 Å².